The number of nitrogens with zero attached hydrogens (tertiary/aromatic N) is 5. The van der Waals surface area contributed by atoms with Crippen LogP contribution in [0.15, 0.2) is 5.10 Å². The average Bonchev–Trinajstić information content (AvgIpc) is 2.79. The molecule has 2 aliphatic rings. The number of rotatable bonds is 2. The Kier molecular flexibility index (Phi) is 3.12. The summed E-state index contributed by atoms with van der Waals surface area (Å²) in [6.45, 7) is 4.87. The zero-order chi connectivity index (χ0) is 15.3. The van der Waals surface area contributed by atoms with Gasteiger partial charge in [0.1, 0.15) is 11.6 Å². The number of Topliss-reactive ketones (excluding diaryl/α,β-unsaturated/α-hetero) is 2. The second-order valence-corrected chi connectivity index (χ2v) is 5.69. The zero-order valence-corrected chi connectivity index (χ0v) is 12.3. The van der Waals surface area contributed by atoms with Crippen LogP contribution in [0.3, 0.4) is 0 Å². The van der Waals surface area contributed by atoms with E-state index in [1.807, 2.05) is 0 Å². The van der Waals surface area contributed by atoms with Gasteiger partial charge in [-0.05, 0) is 33.6 Å². The van der Waals surface area contributed by atoms with Crippen LogP contribution in [-0.2, 0) is 9.59 Å². The summed E-state index contributed by atoms with van der Waals surface area (Å²) in [6.07, 6.45) is 1.25. The summed E-state index contributed by atoms with van der Waals surface area (Å²) in [5.41, 5.74) is 0.645. The molecule has 1 aliphatic heterocycles. The Labute approximate surface area is 122 Å². The van der Waals surface area contributed by atoms with Gasteiger partial charge in [0.2, 0.25) is 0 Å². The van der Waals surface area contributed by atoms with E-state index >= 15 is 0 Å². The Bertz CT molecular complexity index is 649. The summed E-state index contributed by atoms with van der Waals surface area (Å²) in [5.74, 6) is 6.69. The van der Waals surface area contributed by atoms with Gasteiger partial charge in [0.25, 0.3) is 5.95 Å². The minimum Gasteiger partial charge on any atom is -0.300 e. The van der Waals surface area contributed by atoms with Crippen molar-refractivity contribution in [2.45, 2.75) is 39.7 Å². The Morgan fingerprint density at radius 1 is 1.19 bits per heavy atom. The summed E-state index contributed by atoms with van der Waals surface area (Å²) in [5, 5.41) is 13.9. The first-order valence-electron chi connectivity index (χ1n) is 6.97. The van der Waals surface area contributed by atoms with Crippen LogP contribution in [0.5, 0.6) is 0 Å². The number of anilines is 1. The van der Waals surface area contributed by atoms with Crippen molar-refractivity contribution in [1.29, 1.82) is 0 Å². The third-order valence-corrected chi connectivity index (χ3v) is 4.35. The molecular formula is C13H18N6O2. The van der Waals surface area contributed by atoms with Crippen molar-refractivity contribution in [2.75, 3.05) is 5.01 Å². The van der Waals surface area contributed by atoms with Gasteiger partial charge in [0.15, 0.2) is 5.82 Å². The molecule has 1 aromatic heterocycles. The van der Waals surface area contributed by atoms with Crippen molar-refractivity contribution in [3.63, 3.8) is 0 Å². The fourth-order valence-corrected chi connectivity index (χ4v) is 3.23. The number of hydrogen-bond donors (Lipinski definition) is 1. The summed E-state index contributed by atoms with van der Waals surface area (Å²) >= 11 is 0. The summed E-state index contributed by atoms with van der Waals surface area (Å²) in [7, 11) is 0. The lowest BCUT2D eigenvalue weighted by Crippen LogP contribution is -2.59. The van der Waals surface area contributed by atoms with Crippen LogP contribution in [-0.4, -0.2) is 38.2 Å². The lowest BCUT2D eigenvalue weighted by molar-refractivity contribution is -0.123. The van der Waals surface area contributed by atoms with E-state index in [1.165, 1.54) is 9.69 Å². The summed E-state index contributed by atoms with van der Waals surface area (Å²) < 4.78 is 1.53. The summed E-state index contributed by atoms with van der Waals surface area (Å²) in [6, 6.07) is -0.416. The first-order chi connectivity index (χ1) is 9.91. The molecule has 2 N–H and O–H groups in total. The first kappa shape index (κ1) is 13.9. The van der Waals surface area contributed by atoms with Gasteiger partial charge in [-0.1, -0.05) is 0 Å². The SMILES string of the molecule is CC(=O)[C@@H]1CC[C@@H](C(C)=O)[C@H]2C1=Nn1c(C)nnc1N2N. The molecule has 2 heterocycles. The Morgan fingerprint density at radius 2 is 1.90 bits per heavy atom. The van der Waals surface area contributed by atoms with Crippen LogP contribution in [0.2, 0.25) is 0 Å². The molecule has 8 nitrogen and oxygen atoms in total. The standard InChI is InChI=1S/C13H18N6O2/c1-6(20)9-4-5-10(7(2)21)12-11(9)17-19-8(3)15-16-13(19)18(12)14/h9-10,12H,4-5,14H2,1-3H3/t9-,10-,12-/m0/s1. The molecule has 0 aromatic carbocycles. The monoisotopic (exact) mass is 290 g/mol. The molecule has 0 amide bonds. The second kappa shape index (κ2) is 4.73. The molecule has 8 heteroatoms. The number of nitrogens with two attached hydrogens (primary N) is 1. The van der Waals surface area contributed by atoms with E-state index in [1.54, 1.807) is 20.8 Å². The number of ketones is 2. The Hall–Kier alpha value is -2.09. The predicted molar refractivity (Wildman–Crippen MR) is 75.6 cm³/mol. The van der Waals surface area contributed by atoms with Crippen LogP contribution in [0.4, 0.5) is 5.95 Å². The quantitative estimate of drug-likeness (QED) is 0.772. The van der Waals surface area contributed by atoms with Crippen molar-refractivity contribution in [3.8, 4) is 0 Å². The highest BCUT2D eigenvalue weighted by Crippen LogP contribution is 2.35. The fourth-order valence-electron chi connectivity index (χ4n) is 3.23. The maximum Gasteiger partial charge on any atom is 0.263 e. The molecule has 21 heavy (non-hydrogen) atoms. The van der Waals surface area contributed by atoms with Gasteiger partial charge in [-0.25, -0.2) is 5.84 Å². The lowest BCUT2D eigenvalue weighted by Gasteiger charge is -2.42. The predicted octanol–water partition coefficient (Wildman–Crippen LogP) is 0.0571. The lowest BCUT2D eigenvalue weighted by atomic mass is 9.73. The maximum absolute atomic E-state index is 11.9. The highest BCUT2D eigenvalue weighted by molar-refractivity contribution is 6.10. The smallest absolute Gasteiger partial charge is 0.263 e. The van der Waals surface area contributed by atoms with Crippen molar-refractivity contribution in [1.82, 2.24) is 14.9 Å². The van der Waals surface area contributed by atoms with Crippen LogP contribution in [0.1, 0.15) is 32.5 Å². The van der Waals surface area contributed by atoms with E-state index in [9.17, 15) is 9.59 Å². The molecule has 0 unspecified atom stereocenters. The molecule has 1 fully saturated rings. The van der Waals surface area contributed by atoms with Crippen LogP contribution < -0.4 is 10.9 Å². The summed E-state index contributed by atoms with van der Waals surface area (Å²) in [4.78, 5) is 23.8. The molecular weight excluding hydrogens is 272 g/mol. The van der Waals surface area contributed by atoms with Crippen molar-refractivity contribution < 1.29 is 9.59 Å². The molecule has 0 saturated heterocycles. The second-order valence-electron chi connectivity index (χ2n) is 5.69. The minimum absolute atomic E-state index is 0.0447. The number of hydrogen-bond acceptors (Lipinski definition) is 7. The topological polar surface area (TPSA) is 106 Å². The highest BCUT2D eigenvalue weighted by Gasteiger charge is 2.46. The van der Waals surface area contributed by atoms with Gasteiger partial charge < -0.3 is 0 Å². The van der Waals surface area contributed by atoms with Crippen LogP contribution in [0, 0.1) is 18.8 Å². The van der Waals surface area contributed by atoms with E-state index in [2.05, 4.69) is 15.3 Å². The molecule has 3 atom stereocenters. The molecule has 0 bridgehead atoms. The Morgan fingerprint density at radius 3 is 2.52 bits per heavy atom. The number of aromatic nitrogens is 3. The molecule has 0 radical (unpaired) electrons. The Balaban J connectivity index is 2.15. The van der Waals surface area contributed by atoms with Crippen molar-refractivity contribution >= 4 is 23.2 Å². The van der Waals surface area contributed by atoms with Gasteiger partial charge >= 0.3 is 0 Å². The molecule has 112 valence electrons. The molecule has 1 saturated carbocycles. The number of carbonyl (C=O) groups is 2. The maximum atomic E-state index is 11.9. The van der Waals surface area contributed by atoms with Crippen molar-refractivity contribution in [2.24, 2.45) is 22.8 Å². The zero-order valence-electron chi connectivity index (χ0n) is 12.3. The number of hydrazine groups is 1. The highest BCUT2D eigenvalue weighted by atomic mass is 16.1. The third kappa shape index (κ3) is 1.98. The molecule has 1 aliphatic carbocycles. The largest absolute Gasteiger partial charge is 0.300 e. The van der Waals surface area contributed by atoms with E-state index in [0.29, 0.717) is 30.3 Å². The number of fused-ring (bicyclic) bond motifs is 2. The van der Waals surface area contributed by atoms with Gasteiger partial charge in [-0.3, -0.25) is 14.6 Å². The van der Waals surface area contributed by atoms with Gasteiger partial charge in [0.05, 0.1) is 17.7 Å². The molecule has 1 aromatic rings. The van der Waals surface area contributed by atoms with Crippen LogP contribution >= 0.6 is 0 Å². The van der Waals surface area contributed by atoms with E-state index in [0.717, 1.165) is 0 Å². The van der Waals surface area contributed by atoms with Crippen LogP contribution in [0.25, 0.3) is 0 Å². The first-order valence-corrected chi connectivity index (χ1v) is 6.97. The molecule has 3 rings (SSSR count). The van der Waals surface area contributed by atoms with Gasteiger partial charge in [-0.2, -0.15) is 9.78 Å². The minimum atomic E-state index is -0.416. The number of carbonyl (C=O) groups excluding carboxylic acids is 2. The van der Waals surface area contributed by atoms with E-state index < -0.39 is 6.04 Å². The van der Waals surface area contributed by atoms with Gasteiger partial charge in [-0.15, -0.1) is 10.2 Å². The molecule has 0 spiro atoms. The fraction of sp³-hybridized carbons (Fsp3) is 0.615. The van der Waals surface area contributed by atoms with E-state index in [-0.39, 0.29) is 23.4 Å². The number of aryl methyl sites for hydroxylation is 1. The average molecular weight is 290 g/mol. The van der Waals surface area contributed by atoms with Gasteiger partial charge in [0, 0.05) is 5.92 Å². The third-order valence-electron chi connectivity index (χ3n) is 4.35. The van der Waals surface area contributed by atoms with Crippen molar-refractivity contribution in [3.05, 3.63) is 5.82 Å². The normalized spacial score (nSPS) is 27.7. The van der Waals surface area contributed by atoms with E-state index in [4.69, 9.17) is 5.84 Å².